The van der Waals surface area contributed by atoms with Crippen LogP contribution in [0.15, 0.2) is 45.3 Å². The van der Waals surface area contributed by atoms with Gasteiger partial charge in [0.2, 0.25) is 0 Å². The molecule has 2 nitrogen and oxygen atoms in total. The van der Waals surface area contributed by atoms with Gasteiger partial charge in [0.05, 0.1) is 10.9 Å². The molecule has 0 aliphatic rings. The smallest absolute Gasteiger partial charge is 0.200 e. The van der Waals surface area contributed by atoms with Gasteiger partial charge >= 0.3 is 0 Å². The lowest BCUT2D eigenvalue weighted by Crippen LogP contribution is -1.92. The number of fused-ring (bicyclic) bond motifs is 1. The van der Waals surface area contributed by atoms with Gasteiger partial charge in [0.1, 0.15) is 11.3 Å². The van der Waals surface area contributed by atoms with E-state index in [9.17, 15) is 4.39 Å². The summed E-state index contributed by atoms with van der Waals surface area (Å²) in [6, 6.07) is 10.2. The zero-order chi connectivity index (χ0) is 13.4. The second kappa shape index (κ2) is 4.94. The van der Waals surface area contributed by atoms with Crippen molar-refractivity contribution in [2.45, 2.75) is 6.42 Å². The molecule has 0 atom stereocenters. The Balaban J connectivity index is 1.99. The van der Waals surface area contributed by atoms with Crippen LogP contribution in [0, 0.1) is 5.82 Å². The second-order valence-electron chi connectivity index (χ2n) is 4.11. The normalized spacial score (nSPS) is 11.1. The standard InChI is InChI=1S/C14H8BrClFNO/c15-10-2-1-3-12-14(10)19-13(18-12)6-8-4-5-9(16)7-11(8)17/h1-5,7H,6H2. The number of halogens is 3. The predicted octanol–water partition coefficient (Wildman–Crippen LogP) is 4.97. The Morgan fingerprint density at radius 1 is 1.26 bits per heavy atom. The Morgan fingerprint density at radius 2 is 2.11 bits per heavy atom. The van der Waals surface area contributed by atoms with E-state index in [-0.39, 0.29) is 5.82 Å². The summed E-state index contributed by atoms with van der Waals surface area (Å²) in [6.45, 7) is 0. The molecule has 0 amide bonds. The van der Waals surface area contributed by atoms with E-state index >= 15 is 0 Å². The molecule has 0 saturated carbocycles. The third-order valence-corrected chi connectivity index (χ3v) is 3.63. The molecule has 0 unspecified atom stereocenters. The number of nitrogens with zero attached hydrogens (tertiary/aromatic N) is 1. The van der Waals surface area contributed by atoms with Crippen molar-refractivity contribution in [3.8, 4) is 0 Å². The molecule has 0 bridgehead atoms. The fourth-order valence-electron chi connectivity index (χ4n) is 1.87. The van der Waals surface area contributed by atoms with Gasteiger partial charge in [-0.15, -0.1) is 0 Å². The van der Waals surface area contributed by atoms with Crippen molar-refractivity contribution >= 4 is 38.6 Å². The Labute approximate surface area is 122 Å². The van der Waals surface area contributed by atoms with Crippen LogP contribution in [0.2, 0.25) is 5.02 Å². The first kappa shape index (κ1) is 12.6. The largest absolute Gasteiger partial charge is 0.439 e. The highest BCUT2D eigenvalue weighted by molar-refractivity contribution is 9.10. The lowest BCUT2D eigenvalue weighted by molar-refractivity contribution is 0.533. The quantitative estimate of drug-likeness (QED) is 0.658. The van der Waals surface area contributed by atoms with E-state index in [1.54, 1.807) is 12.1 Å². The molecule has 3 aromatic rings. The van der Waals surface area contributed by atoms with Crippen molar-refractivity contribution in [2.75, 3.05) is 0 Å². The van der Waals surface area contributed by atoms with Crippen LogP contribution in [0.25, 0.3) is 11.1 Å². The fraction of sp³-hybridized carbons (Fsp3) is 0.0714. The number of rotatable bonds is 2. The van der Waals surface area contributed by atoms with Crippen LogP contribution in [0.3, 0.4) is 0 Å². The van der Waals surface area contributed by atoms with Crippen LogP contribution >= 0.6 is 27.5 Å². The predicted molar refractivity (Wildman–Crippen MR) is 75.9 cm³/mol. The number of hydrogen-bond acceptors (Lipinski definition) is 2. The van der Waals surface area contributed by atoms with Crippen molar-refractivity contribution in [1.82, 2.24) is 4.98 Å². The minimum atomic E-state index is -0.353. The van der Waals surface area contributed by atoms with Gasteiger partial charge in [0.15, 0.2) is 11.5 Å². The van der Waals surface area contributed by atoms with Crippen LogP contribution in [0.4, 0.5) is 4.39 Å². The van der Waals surface area contributed by atoms with Gasteiger partial charge in [0.25, 0.3) is 0 Å². The SMILES string of the molecule is Fc1cc(Cl)ccc1Cc1nc2cccc(Br)c2o1. The maximum absolute atomic E-state index is 13.7. The highest BCUT2D eigenvalue weighted by atomic mass is 79.9. The van der Waals surface area contributed by atoms with E-state index in [4.69, 9.17) is 16.0 Å². The van der Waals surface area contributed by atoms with Crippen LogP contribution < -0.4 is 0 Å². The van der Waals surface area contributed by atoms with Crippen molar-refractivity contribution in [1.29, 1.82) is 0 Å². The monoisotopic (exact) mass is 339 g/mol. The topological polar surface area (TPSA) is 26.0 Å². The van der Waals surface area contributed by atoms with Gasteiger partial charge in [-0.25, -0.2) is 9.37 Å². The first-order valence-corrected chi connectivity index (χ1v) is 6.78. The van der Waals surface area contributed by atoms with E-state index in [0.29, 0.717) is 28.5 Å². The second-order valence-corrected chi connectivity index (χ2v) is 5.40. The molecular formula is C14H8BrClFNO. The first-order valence-electron chi connectivity index (χ1n) is 5.61. The summed E-state index contributed by atoms with van der Waals surface area (Å²) >= 11 is 9.11. The van der Waals surface area contributed by atoms with Crippen molar-refractivity contribution in [3.05, 3.63) is 63.2 Å². The molecule has 1 heterocycles. The molecule has 1 aromatic heterocycles. The van der Waals surface area contributed by atoms with Crippen LogP contribution in [-0.4, -0.2) is 4.98 Å². The molecule has 0 spiro atoms. The number of oxazole rings is 1. The third-order valence-electron chi connectivity index (χ3n) is 2.77. The van der Waals surface area contributed by atoms with Crippen molar-refractivity contribution in [3.63, 3.8) is 0 Å². The summed E-state index contributed by atoms with van der Waals surface area (Å²) in [4.78, 5) is 4.34. The van der Waals surface area contributed by atoms with Crippen LogP contribution in [-0.2, 0) is 6.42 Å². The number of aromatic nitrogens is 1. The molecule has 19 heavy (non-hydrogen) atoms. The van der Waals surface area contributed by atoms with E-state index in [1.807, 2.05) is 18.2 Å². The highest BCUT2D eigenvalue weighted by Gasteiger charge is 2.11. The number of para-hydroxylation sites is 1. The van der Waals surface area contributed by atoms with Crippen LogP contribution in [0.1, 0.15) is 11.5 Å². The zero-order valence-electron chi connectivity index (χ0n) is 9.66. The molecule has 0 fully saturated rings. The lowest BCUT2D eigenvalue weighted by atomic mass is 10.1. The molecule has 3 rings (SSSR count). The van der Waals surface area contributed by atoms with Gasteiger partial charge in [0, 0.05) is 5.02 Å². The summed E-state index contributed by atoms with van der Waals surface area (Å²) in [7, 11) is 0. The molecule has 0 aliphatic carbocycles. The summed E-state index contributed by atoms with van der Waals surface area (Å²) in [5.74, 6) is 0.122. The highest BCUT2D eigenvalue weighted by Crippen LogP contribution is 2.26. The maximum atomic E-state index is 13.7. The number of benzene rings is 2. The summed E-state index contributed by atoms with van der Waals surface area (Å²) in [5, 5.41) is 0.376. The van der Waals surface area contributed by atoms with E-state index in [2.05, 4.69) is 20.9 Å². The minimum absolute atomic E-state index is 0.296. The third kappa shape index (κ3) is 2.51. The van der Waals surface area contributed by atoms with Gasteiger partial charge in [-0.2, -0.15) is 0 Å². The molecule has 0 N–H and O–H groups in total. The summed E-state index contributed by atoms with van der Waals surface area (Å²) < 4.78 is 20.2. The molecule has 5 heteroatoms. The minimum Gasteiger partial charge on any atom is -0.439 e. The molecule has 96 valence electrons. The molecule has 2 aromatic carbocycles. The van der Waals surface area contributed by atoms with Gasteiger partial charge in [-0.3, -0.25) is 0 Å². The lowest BCUT2D eigenvalue weighted by Gasteiger charge is -2.00. The molecule has 0 aliphatic heterocycles. The van der Waals surface area contributed by atoms with E-state index < -0.39 is 0 Å². The Hall–Kier alpha value is -1.39. The average molecular weight is 341 g/mol. The van der Waals surface area contributed by atoms with Gasteiger partial charge in [-0.05, 0) is 45.8 Å². The molecular weight excluding hydrogens is 333 g/mol. The number of hydrogen-bond donors (Lipinski definition) is 0. The maximum Gasteiger partial charge on any atom is 0.200 e. The Morgan fingerprint density at radius 3 is 2.84 bits per heavy atom. The fourth-order valence-corrected chi connectivity index (χ4v) is 2.46. The van der Waals surface area contributed by atoms with Crippen molar-refractivity contribution < 1.29 is 8.81 Å². The Bertz CT molecular complexity index is 756. The van der Waals surface area contributed by atoms with E-state index in [0.717, 1.165) is 9.99 Å². The molecule has 0 saturated heterocycles. The summed E-state index contributed by atoms with van der Waals surface area (Å²) in [5.41, 5.74) is 1.93. The van der Waals surface area contributed by atoms with Crippen molar-refractivity contribution in [2.24, 2.45) is 0 Å². The Kier molecular flexibility index (Phi) is 3.29. The van der Waals surface area contributed by atoms with E-state index in [1.165, 1.54) is 6.07 Å². The molecule has 0 radical (unpaired) electrons. The van der Waals surface area contributed by atoms with Gasteiger partial charge < -0.3 is 4.42 Å². The van der Waals surface area contributed by atoms with Gasteiger partial charge in [-0.1, -0.05) is 23.7 Å². The average Bonchev–Trinajstić information content (AvgIpc) is 2.77. The van der Waals surface area contributed by atoms with Crippen LogP contribution in [0.5, 0.6) is 0 Å². The first-order chi connectivity index (χ1) is 9.13. The zero-order valence-corrected chi connectivity index (χ0v) is 12.0. The summed E-state index contributed by atoms with van der Waals surface area (Å²) in [6.07, 6.45) is 0.296.